The molecular weight excluding hydrogens is 318 g/mol. The molecule has 2 rings (SSSR count). The molecule has 0 saturated heterocycles. The smallest absolute Gasteiger partial charge is 0.146 e. The number of hydrogen-bond donors (Lipinski definition) is 2. The molecule has 4 nitrogen and oxygen atoms in total. The first-order chi connectivity index (χ1) is 9.11. The van der Waals surface area contributed by atoms with Gasteiger partial charge in [0.25, 0.3) is 0 Å². The van der Waals surface area contributed by atoms with Crippen molar-refractivity contribution in [2.75, 3.05) is 17.7 Å². The lowest BCUT2D eigenvalue weighted by atomic mass is 10.2. The van der Waals surface area contributed by atoms with Gasteiger partial charge < -0.3 is 10.6 Å². The number of benzene rings is 1. The number of nitrogens with one attached hydrogen (secondary N) is 2. The summed E-state index contributed by atoms with van der Waals surface area (Å²) in [6.45, 7) is 0.127. The van der Waals surface area contributed by atoms with E-state index < -0.39 is 11.6 Å². The van der Waals surface area contributed by atoms with Gasteiger partial charge in [-0.1, -0.05) is 0 Å². The summed E-state index contributed by atoms with van der Waals surface area (Å²) in [5.74, 6) is 0.170. The third-order valence-electron chi connectivity index (χ3n) is 2.48. The minimum atomic E-state index is -0.476. The summed E-state index contributed by atoms with van der Waals surface area (Å²) >= 11 is 3.33. The summed E-state index contributed by atoms with van der Waals surface area (Å²) in [6.07, 6.45) is 1.38. The quantitative estimate of drug-likeness (QED) is 0.905. The van der Waals surface area contributed by atoms with Crippen molar-refractivity contribution in [1.82, 2.24) is 9.97 Å². The molecule has 0 bridgehead atoms. The maximum Gasteiger partial charge on any atom is 0.146 e. The van der Waals surface area contributed by atoms with E-state index >= 15 is 0 Å². The average Bonchev–Trinajstić information content (AvgIpc) is 2.41. The largest absolute Gasteiger partial charge is 0.372 e. The van der Waals surface area contributed by atoms with Gasteiger partial charge in [0.05, 0.1) is 0 Å². The zero-order chi connectivity index (χ0) is 13.8. The molecule has 100 valence electrons. The Hall–Kier alpha value is -1.76. The molecule has 2 N–H and O–H groups in total. The Morgan fingerprint density at radius 2 is 1.95 bits per heavy atom. The molecule has 1 aromatic carbocycles. The van der Waals surface area contributed by atoms with Crippen molar-refractivity contribution >= 4 is 27.6 Å². The number of halogens is 3. The fourth-order valence-corrected chi connectivity index (χ4v) is 2.07. The summed E-state index contributed by atoms with van der Waals surface area (Å²) < 4.78 is 27.1. The molecular formula is C12H11BrF2N4. The molecule has 2 aromatic rings. The minimum Gasteiger partial charge on any atom is -0.372 e. The maximum atomic E-state index is 13.5. The van der Waals surface area contributed by atoms with Gasteiger partial charge in [-0.15, -0.1) is 0 Å². The van der Waals surface area contributed by atoms with Crippen LogP contribution in [-0.2, 0) is 6.54 Å². The van der Waals surface area contributed by atoms with Crippen molar-refractivity contribution < 1.29 is 8.78 Å². The second-order valence-electron chi connectivity index (χ2n) is 3.72. The molecule has 0 spiro atoms. The number of aromatic nitrogens is 2. The maximum absolute atomic E-state index is 13.5. The zero-order valence-electron chi connectivity index (χ0n) is 10.0. The highest BCUT2D eigenvalue weighted by Crippen LogP contribution is 2.26. The van der Waals surface area contributed by atoms with Gasteiger partial charge in [-0.05, 0) is 34.1 Å². The summed E-state index contributed by atoms with van der Waals surface area (Å²) in [5, 5.41) is 5.81. The van der Waals surface area contributed by atoms with Crippen molar-refractivity contribution in [3.05, 3.63) is 46.2 Å². The standard InChI is InChI=1S/C12H11BrF2N4/c1-16-11-10(13)12(19-6-18-11)17-5-7-4-8(14)2-3-9(7)15/h2-4,6H,5H2,1H3,(H2,16,17,18,19). The van der Waals surface area contributed by atoms with E-state index in [-0.39, 0.29) is 12.1 Å². The summed E-state index contributed by atoms with van der Waals surface area (Å²) in [4.78, 5) is 8.03. The van der Waals surface area contributed by atoms with Crippen LogP contribution in [0.1, 0.15) is 5.56 Å². The first-order valence-electron chi connectivity index (χ1n) is 5.48. The van der Waals surface area contributed by atoms with Gasteiger partial charge in [-0.2, -0.15) is 0 Å². The van der Waals surface area contributed by atoms with E-state index in [0.717, 1.165) is 18.2 Å². The number of nitrogens with zero attached hydrogens (tertiary/aromatic N) is 2. The third kappa shape index (κ3) is 3.17. The summed E-state index contributed by atoms with van der Waals surface area (Å²) in [6, 6.07) is 3.33. The molecule has 19 heavy (non-hydrogen) atoms. The van der Waals surface area contributed by atoms with Crippen LogP contribution in [0, 0.1) is 11.6 Å². The van der Waals surface area contributed by atoms with Gasteiger partial charge in [-0.25, -0.2) is 18.7 Å². The number of rotatable bonds is 4. The Balaban J connectivity index is 2.17. The van der Waals surface area contributed by atoms with Crippen LogP contribution in [0.4, 0.5) is 20.4 Å². The fourth-order valence-electron chi connectivity index (χ4n) is 1.53. The molecule has 0 radical (unpaired) electrons. The Labute approximate surface area is 117 Å². The molecule has 0 unspecified atom stereocenters. The Bertz CT molecular complexity index is 592. The molecule has 0 aliphatic rings. The van der Waals surface area contributed by atoms with E-state index in [0.29, 0.717) is 16.1 Å². The monoisotopic (exact) mass is 328 g/mol. The summed E-state index contributed by atoms with van der Waals surface area (Å²) in [7, 11) is 1.73. The average molecular weight is 329 g/mol. The van der Waals surface area contributed by atoms with Crippen molar-refractivity contribution in [3.8, 4) is 0 Å². The van der Waals surface area contributed by atoms with Crippen LogP contribution in [-0.4, -0.2) is 17.0 Å². The normalized spacial score (nSPS) is 10.3. The van der Waals surface area contributed by atoms with Crippen LogP contribution < -0.4 is 10.6 Å². The van der Waals surface area contributed by atoms with Crippen molar-refractivity contribution in [2.24, 2.45) is 0 Å². The van der Waals surface area contributed by atoms with Crippen LogP contribution in [0.2, 0.25) is 0 Å². The van der Waals surface area contributed by atoms with Gasteiger partial charge in [0.1, 0.15) is 34.1 Å². The number of hydrogen-bond acceptors (Lipinski definition) is 4. The highest BCUT2D eigenvalue weighted by atomic mass is 79.9. The van der Waals surface area contributed by atoms with Gasteiger partial charge in [-0.3, -0.25) is 0 Å². The first-order valence-corrected chi connectivity index (χ1v) is 6.27. The van der Waals surface area contributed by atoms with Crippen molar-refractivity contribution in [3.63, 3.8) is 0 Å². The second-order valence-corrected chi connectivity index (χ2v) is 4.52. The predicted molar refractivity (Wildman–Crippen MR) is 73.0 cm³/mol. The van der Waals surface area contributed by atoms with E-state index in [2.05, 4.69) is 36.5 Å². The Kier molecular flexibility index (Phi) is 4.26. The molecule has 0 atom stereocenters. The van der Waals surface area contributed by atoms with Crippen LogP contribution in [0.5, 0.6) is 0 Å². The highest BCUT2D eigenvalue weighted by molar-refractivity contribution is 9.10. The lowest BCUT2D eigenvalue weighted by Gasteiger charge is -2.10. The first kappa shape index (κ1) is 13.7. The molecule has 0 saturated carbocycles. The fraction of sp³-hybridized carbons (Fsp3) is 0.167. The second kappa shape index (κ2) is 5.92. The molecule has 0 aliphatic carbocycles. The minimum absolute atomic E-state index is 0.127. The molecule has 7 heteroatoms. The Morgan fingerprint density at radius 1 is 1.21 bits per heavy atom. The zero-order valence-corrected chi connectivity index (χ0v) is 11.6. The molecule has 1 heterocycles. The van der Waals surface area contributed by atoms with Gasteiger partial charge in [0.15, 0.2) is 0 Å². The molecule has 0 fully saturated rings. The van der Waals surface area contributed by atoms with Crippen LogP contribution >= 0.6 is 15.9 Å². The van der Waals surface area contributed by atoms with E-state index in [9.17, 15) is 8.78 Å². The summed E-state index contributed by atoms with van der Waals surface area (Å²) in [5.41, 5.74) is 0.233. The molecule has 0 aliphatic heterocycles. The lowest BCUT2D eigenvalue weighted by Crippen LogP contribution is -2.06. The van der Waals surface area contributed by atoms with Crippen LogP contribution in [0.3, 0.4) is 0 Å². The van der Waals surface area contributed by atoms with Crippen LogP contribution in [0.25, 0.3) is 0 Å². The van der Waals surface area contributed by atoms with E-state index in [1.807, 2.05) is 0 Å². The number of anilines is 2. The van der Waals surface area contributed by atoms with Gasteiger partial charge in [0, 0.05) is 19.2 Å². The highest BCUT2D eigenvalue weighted by Gasteiger charge is 2.09. The lowest BCUT2D eigenvalue weighted by molar-refractivity contribution is 0.587. The van der Waals surface area contributed by atoms with Crippen molar-refractivity contribution in [2.45, 2.75) is 6.54 Å². The van der Waals surface area contributed by atoms with E-state index in [1.54, 1.807) is 7.05 Å². The third-order valence-corrected chi connectivity index (χ3v) is 3.23. The molecule has 0 amide bonds. The van der Waals surface area contributed by atoms with Crippen molar-refractivity contribution in [1.29, 1.82) is 0 Å². The topological polar surface area (TPSA) is 49.8 Å². The predicted octanol–water partition coefficient (Wildman–Crippen LogP) is 3.17. The van der Waals surface area contributed by atoms with Gasteiger partial charge in [0.2, 0.25) is 0 Å². The van der Waals surface area contributed by atoms with E-state index in [1.165, 1.54) is 6.33 Å². The van der Waals surface area contributed by atoms with Gasteiger partial charge >= 0.3 is 0 Å². The Morgan fingerprint density at radius 3 is 2.68 bits per heavy atom. The van der Waals surface area contributed by atoms with E-state index in [4.69, 9.17) is 0 Å². The SMILES string of the molecule is CNc1ncnc(NCc2cc(F)ccc2F)c1Br. The molecule has 1 aromatic heterocycles. The van der Waals surface area contributed by atoms with Crippen LogP contribution in [0.15, 0.2) is 29.0 Å².